The molecule has 72 valence electrons. The first-order chi connectivity index (χ1) is 5.94. The van der Waals surface area contributed by atoms with Crippen LogP contribution in [0.1, 0.15) is 6.92 Å². The van der Waals surface area contributed by atoms with Crippen molar-refractivity contribution >= 4 is 9.84 Å². The second-order valence-electron chi connectivity index (χ2n) is 2.60. The van der Waals surface area contributed by atoms with Gasteiger partial charge in [-0.15, -0.1) is 0 Å². The van der Waals surface area contributed by atoms with Gasteiger partial charge in [0.15, 0.2) is 5.44 Å². The van der Waals surface area contributed by atoms with Gasteiger partial charge in [-0.25, -0.2) is 12.8 Å². The minimum atomic E-state index is -3.78. The summed E-state index contributed by atoms with van der Waals surface area (Å²) >= 11 is 0. The first kappa shape index (κ1) is 10.1. The third-order valence-corrected chi connectivity index (χ3v) is 3.38. The molecular weight excluding hydrogens is 195 g/mol. The Morgan fingerprint density at radius 2 is 2.08 bits per heavy atom. The van der Waals surface area contributed by atoms with Crippen LogP contribution in [-0.2, 0) is 9.84 Å². The second-order valence-corrected chi connectivity index (χ2v) is 4.85. The summed E-state index contributed by atoms with van der Waals surface area (Å²) in [5.41, 5.74) is -1.52. The molecule has 1 aromatic rings. The van der Waals surface area contributed by atoms with Gasteiger partial charge in [0.1, 0.15) is 5.82 Å². The van der Waals surface area contributed by atoms with E-state index in [0.717, 1.165) is 19.1 Å². The van der Waals surface area contributed by atoms with Crippen molar-refractivity contribution in [2.45, 2.75) is 17.3 Å². The minimum Gasteiger partial charge on any atom is -0.377 e. The van der Waals surface area contributed by atoms with Crippen molar-refractivity contribution < 1.29 is 17.9 Å². The van der Waals surface area contributed by atoms with Gasteiger partial charge in [-0.3, -0.25) is 0 Å². The van der Waals surface area contributed by atoms with E-state index in [9.17, 15) is 12.8 Å². The van der Waals surface area contributed by atoms with Crippen LogP contribution < -0.4 is 0 Å². The molecule has 0 aliphatic heterocycles. The highest BCUT2D eigenvalue weighted by atomic mass is 32.2. The zero-order valence-corrected chi connectivity index (χ0v) is 7.75. The van der Waals surface area contributed by atoms with E-state index in [1.165, 1.54) is 12.1 Å². The predicted molar refractivity (Wildman–Crippen MR) is 45.3 cm³/mol. The van der Waals surface area contributed by atoms with Gasteiger partial charge in [0.05, 0.1) is 4.90 Å². The largest absolute Gasteiger partial charge is 0.377 e. The Labute approximate surface area is 75.7 Å². The molecule has 0 bridgehead atoms. The number of hydrogen-bond donors (Lipinski definition) is 1. The van der Waals surface area contributed by atoms with Gasteiger partial charge in [0, 0.05) is 0 Å². The summed E-state index contributed by atoms with van der Waals surface area (Å²) in [6.07, 6.45) is 0. The van der Waals surface area contributed by atoms with Crippen LogP contribution in [-0.4, -0.2) is 19.0 Å². The Hall–Kier alpha value is -0.940. The van der Waals surface area contributed by atoms with Gasteiger partial charge in [-0.2, -0.15) is 0 Å². The maximum Gasteiger partial charge on any atom is 0.204 e. The fourth-order valence-corrected chi connectivity index (χ4v) is 1.78. The summed E-state index contributed by atoms with van der Waals surface area (Å²) in [5.74, 6) is -0.637. The van der Waals surface area contributed by atoms with E-state index in [0.29, 0.717) is 0 Å². The highest BCUT2D eigenvalue weighted by molar-refractivity contribution is 7.91. The van der Waals surface area contributed by atoms with E-state index >= 15 is 0 Å². The Bertz CT molecular complexity index is 398. The van der Waals surface area contributed by atoms with Crippen LogP contribution in [0.3, 0.4) is 0 Å². The topological polar surface area (TPSA) is 54.4 Å². The minimum absolute atomic E-state index is 0.206. The zero-order chi connectivity index (χ0) is 10.1. The predicted octanol–water partition coefficient (Wildman–Crippen LogP) is 0.938. The molecule has 5 heteroatoms. The van der Waals surface area contributed by atoms with Crippen molar-refractivity contribution in [3.8, 4) is 0 Å². The Morgan fingerprint density at radius 1 is 1.46 bits per heavy atom. The van der Waals surface area contributed by atoms with Crippen LogP contribution in [0, 0.1) is 5.82 Å². The monoisotopic (exact) mass is 204 g/mol. The number of aliphatic hydroxyl groups is 1. The number of aliphatic hydroxyl groups excluding tert-OH is 1. The van der Waals surface area contributed by atoms with Gasteiger partial charge < -0.3 is 5.11 Å². The SMILES string of the molecule is C[C@H](O)S(=O)(=O)c1cccc(F)c1. The number of benzene rings is 1. The summed E-state index contributed by atoms with van der Waals surface area (Å²) in [4.78, 5) is -0.206. The highest BCUT2D eigenvalue weighted by Crippen LogP contribution is 2.15. The first-order valence-corrected chi connectivity index (χ1v) is 5.17. The summed E-state index contributed by atoms with van der Waals surface area (Å²) in [6, 6.07) is 4.54. The molecule has 1 rings (SSSR count). The van der Waals surface area contributed by atoms with Crippen LogP contribution in [0.25, 0.3) is 0 Å². The lowest BCUT2D eigenvalue weighted by Gasteiger charge is -2.06. The van der Waals surface area contributed by atoms with E-state index in [1.54, 1.807) is 0 Å². The van der Waals surface area contributed by atoms with Crippen molar-refractivity contribution in [2.75, 3.05) is 0 Å². The van der Waals surface area contributed by atoms with Crippen molar-refractivity contribution in [3.63, 3.8) is 0 Å². The lowest BCUT2D eigenvalue weighted by Crippen LogP contribution is -2.16. The van der Waals surface area contributed by atoms with E-state index < -0.39 is 21.1 Å². The van der Waals surface area contributed by atoms with Crippen LogP contribution >= 0.6 is 0 Å². The molecule has 0 radical (unpaired) electrons. The first-order valence-electron chi connectivity index (χ1n) is 3.62. The molecule has 3 nitrogen and oxygen atoms in total. The molecule has 0 aromatic heterocycles. The summed E-state index contributed by atoms with van der Waals surface area (Å²) in [6.45, 7) is 1.13. The van der Waals surface area contributed by atoms with Crippen molar-refractivity contribution in [2.24, 2.45) is 0 Å². The summed E-state index contributed by atoms with van der Waals surface area (Å²) in [5, 5.41) is 8.91. The lowest BCUT2D eigenvalue weighted by atomic mass is 10.4. The van der Waals surface area contributed by atoms with Crippen molar-refractivity contribution in [1.29, 1.82) is 0 Å². The normalized spacial score (nSPS) is 14.1. The zero-order valence-electron chi connectivity index (χ0n) is 6.94. The Kier molecular flexibility index (Phi) is 2.68. The molecule has 0 fully saturated rings. The molecule has 0 aliphatic carbocycles. The molecule has 13 heavy (non-hydrogen) atoms. The fraction of sp³-hybridized carbons (Fsp3) is 0.250. The van der Waals surface area contributed by atoms with E-state index in [4.69, 9.17) is 5.11 Å². The van der Waals surface area contributed by atoms with Crippen LogP contribution in [0.2, 0.25) is 0 Å². The summed E-state index contributed by atoms with van der Waals surface area (Å²) < 4.78 is 35.1. The molecule has 0 amide bonds. The van der Waals surface area contributed by atoms with Gasteiger partial charge >= 0.3 is 0 Å². The van der Waals surface area contributed by atoms with Gasteiger partial charge in [0.2, 0.25) is 9.84 Å². The molecule has 0 spiro atoms. The fourth-order valence-electron chi connectivity index (χ4n) is 0.841. The third kappa shape index (κ3) is 2.05. The van der Waals surface area contributed by atoms with E-state index in [1.807, 2.05) is 0 Å². The lowest BCUT2D eigenvalue weighted by molar-refractivity contribution is 0.268. The molecular formula is C8H9FO3S. The quantitative estimate of drug-likeness (QED) is 0.780. The Morgan fingerprint density at radius 3 is 2.54 bits per heavy atom. The maximum absolute atomic E-state index is 12.6. The molecule has 0 saturated heterocycles. The van der Waals surface area contributed by atoms with E-state index in [2.05, 4.69) is 0 Å². The van der Waals surface area contributed by atoms with E-state index in [-0.39, 0.29) is 4.90 Å². The van der Waals surface area contributed by atoms with Crippen LogP contribution in [0.4, 0.5) is 4.39 Å². The number of sulfone groups is 1. The average Bonchev–Trinajstić information content (AvgIpc) is 2.04. The van der Waals surface area contributed by atoms with Crippen molar-refractivity contribution in [3.05, 3.63) is 30.1 Å². The molecule has 0 aliphatic rings. The second kappa shape index (κ2) is 3.43. The number of rotatable bonds is 2. The smallest absolute Gasteiger partial charge is 0.204 e. The van der Waals surface area contributed by atoms with Gasteiger partial charge in [-0.1, -0.05) is 6.07 Å². The molecule has 0 unspecified atom stereocenters. The molecule has 1 aromatic carbocycles. The van der Waals surface area contributed by atoms with Gasteiger partial charge in [-0.05, 0) is 25.1 Å². The average molecular weight is 204 g/mol. The third-order valence-electron chi connectivity index (χ3n) is 1.57. The highest BCUT2D eigenvalue weighted by Gasteiger charge is 2.20. The standard InChI is InChI=1S/C8H9FO3S/c1-6(10)13(11,12)8-4-2-3-7(9)5-8/h2-6,10H,1H3/t6-/m1/s1. The molecule has 1 N–H and O–H groups in total. The van der Waals surface area contributed by atoms with Gasteiger partial charge in [0.25, 0.3) is 0 Å². The van der Waals surface area contributed by atoms with Crippen molar-refractivity contribution in [1.82, 2.24) is 0 Å². The van der Waals surface area contributed by atoms with Crippen LogP contribution in [0.15, 0.2) is 29.2 Å². The number of halogens is 1. The number of hydrogen-bond acceptors (Lipinski definition) is 3. The molecule has 1 atom stereocenters. The Balaban J connectivity index is 3.24. The summed E-state index contributed by atoms with van der Waals surface area (Å²) in [7, 11) is -3.78. The maximum atomic E-state index is 12.6. The molecule has 0 saturated carbocycles. The molecule has 0 heterocycles. The van der Waals surface area contributed by atoms with Crippen LogP contribution in [0.5, 0.6) is 0 Å².